The van der Waals surface area contributed by atoms with Crippen LogP contribution in [0.4, 0.5) is 0 Å². The van der Waals surface area contributed by atoms with Crippen LogP contribution in [0.25, 0.3) is 0 Å². The minimum Gasteiger partial charge on any atom is -0.497 e. The first-order valence-corrected chi connectivity index (χ1v) is 7.21. The van der Waals surface area contributed by atoms with E-state index in [0.717, 1.165) is 36.6 Å². The van der Waals surface area contributed by atoms with Gasteiger partial charge in [0.2, 0.25) is 5.88 Å². The second kappa shape index (κ2) is 7.64. The monoisotopic (exact) mass is 286 g/mol. The molecule has 0 spiro atoms. The summed E-state index contributed by atoms with van der Waals surface area (Å²) in [5, 5.41) is 3.16. The van der Waals surface area contributed by atoms with Crippen LogP contribution in [0.5, 0.6) is 17.4 Å². The Morgan fingerprint density at radius 2 is 1.95 bits per heavy atom. The number of pyridine rings is 1. The molecule has 0 aliphatic rings. The number of methoxy groups -OCH3 is 1. The van der Waals surface area contributed by atoms with Gasteiger partial charge in [-0.25, -0.2) is 4.98 Å². The second-order valence-electron chi connectivity index (χ2n) is 4.87. The van der Waals surface area contributed by atoms with Crippen molar-refractivity contribution in [3.05, 3.63) is 47.7 Å². The van der Waals surface area contributed by atoms with E-state index in [9.17, 15) is 0 Å². The number of ether oxygens (including phenoxy) is 2. The highest BCUT2D eigenvalue weighted by Gasteiger charge is 2.05. The quantitative estimate of drug-likeness (QED) is 0.845. The molecule has 0 saturated heterocycles. The molecular formula is C17H22N2O2. The van der Waals surface area contributed by atoms with Gasteiger partial charge in [0.15, 0.2) is 0 Å². The van der Waals surface area contributed by atoms with Crippen LogP contribution in [-0.4, -0.2) is 19.1 Å². The van der Waals surface area contributed by atoms with Crippen molar-refractivity contribution in [1.29, 1.82) is 0 Å². The van der Waals surface area contributed by atoms with Crippen LogP contribution in [0.2, 0.25) is 0 Å². The molecular weight excluding hydrogens is 264 g/mol. The van der Waals surface area contributed by atoms with Crippen LogP contribution in [-0.2, 0) is 13.0 Å². The van der Waals surface area contributed by atoms with Crippen molar-refractivity contribution in [2.24, 2.45) is 0 Å². The number of aromatic nitrogens is 1. The van der Waals surface area contributed by atoms with E-state index in [1.165, 1.54) is 5.56 Å². The van der Waals surface area contributed by atoms with E-state index >= 15 is 0 Å². The number of hydrogen-bond acceptors (Lipinski definition) is 4. The van der Waals surface area contributed by atoms with Crippen molar-refractivity contribution in [1.82, 2.24) is 10.3 Å². The fourth-order valence-corrected chi connectivity index (χ4v) is 2.15. The first-order chi connectivity index (χ1) is 10.2. The zero-order valence-electron chi connectivity index (χ0n) is 12.8. The highest BCUT2D eigenvalue weighted by atomic mass is 16.5. The van der Waals surface area contributed by atoms with Crippen molar-refractivity contribution in [2.45, 2.75) is 26.3 Å². The predicted molar refractivity (Wildman–Crippen MR) is 84.1 cm³/mol. The number of benzene rings is 1. The topological polar surface area (TPSA) is 43.4 Å². The Hall–Kier alpha value is -2.07. The lowest BCUT2D eigenvalue weighted by Crippen LogP contribution is -2.06. The van der Waals surface area contributed by atoms with Crippen molar-refractivity contribution >= 4 is 0 Å². The molecule has 0 saturated carbocycles. The number of aryl methyl sites for hydroxylation is 1. The maximum atomic E-state index is 5.88. The third kappa shape index (κ3) is 4.46. The third-order valence-corrected chi connectivity index (χ3v) is 3.07. The summed E-state index contributed by atoms with van der Waals surface area (Å²) in [6.07, 6.45) is 2.01. The Balaban J connectivity index is 2.24. The number of rotatable bonds is 7. The fraction of sp³-hybridized carbons (Fsp3) is 0.353. The molecule has 0 bridgehead atoms. The van der Waals surface area contributed by atoms with E-state index in [0.29, 0.717) is 5.88 Å². The number of nitrogens with one attached hydrogen (secondary N) is 1. The molecule has 1 N–H and O–H groups in total. The Bertz CT molecular complexity index is 561. The molecule has 0 fully saturated rings. The molecule has 4 nitrogen and oxygen atoms in total. The lowest BCUT2D eigenvalue weighted by Gasteiger charge is -2.10. The standard InChI is InChI=1S/C17H22N2O2/c1-4-6-14-9-13(12-18-2)10-17(19-14)21-16-8-5-7-15(11-16)20-3/h5,7-11,18H,4,6,12H2,1-3H3. The molecule has 1 heterocycles. The van der Waals surface area contributed by atoms with Gasteiger partial charge in [-0.2, -0.15) is 0 Å². The van der Waals surface area contributed by atoms with E-state index in [2.05, 4.69) is 23.3 Å². The Labute approximate surface area is 126 Å². The van der Waals surface area contributed by atoms with Crippen LogP contribution < -0.4 is 14.8 Å². The molecule has 0 atom stereocenters. The summed E-state index contributed by atoms with van der Waals surface area (Å²) in [5.74, 6) is 2.12. The molecule has 112 valence electrons. The molecule has 0 aliphatic carbocycles. The lowest BCUT2D eigenvalue weighted by molar-refractivity contribution is 0.407. The SMILES string of the molecule is CCCc1cc(CNC)cc(Oc2cccc(OC)c2)n1. The molecule has 2 aromatic rings. The summed E-state index contributed by atoms with van der Waals surface area (Å²) in [6, 6.07) is 11.6. The van der Waals surface area contributed by atoms with Crippen molar-refractivity contribution < 1.29 is 9.47 Å². The molecule has 4 heteroatoms. The van der Waals surface area contributed by atoms with Crippen LogP contribution >= 0.6 is 0 Å². The van der Waals surface area contributed by atoms with Crippen molar-refractivity contribution in [2.75, 3.05) is 14.2 Å². The largest absolute Gasteiger partial charge is 0.497 e. The minimum absolute atomic E-state index is 0.624. The molecule has 2 rings (SSSR count). The van der Waals surface area contributed by atoms with E-state index in [1.54, 1.807) is 7.11 Å². The molecule has 0 aliphatic heterocycles. The summed E-state index contributed by atoms with van der Waals surface area (Å²) >= 11 is 0. The summed E-state index contributed by atoms with van der Waals surface area (Å²) in [7, 11) is 3.58. The van der Waals surface area contributed by atoms with Gasteiger partial charge < -0.3 is 14.8 Å². The van der Waals surface area contributed by atoms with Gasteiger partial charge in [0.25, 0.3) is 0 Å². The van der Waals surface area contributed by atoms with E-state index in [4.69, 9.17) is 9.47 Å². The average molecular weight is 286 g/mol. The smallest absolute Gasteiger partial charge is 0.219 e. The first kappa shape index (κ1) is 15.3. The maximum Gasteiger partial charge on any atom is 0.219 e. The zero-order valence-corrected chi connectivity index (χ0v) is 12.8. The highest BCUT2D eigenvalue weighted by Crippen LogP contribution is 2.25. The highest BCUT2D eigenvalue weighted by molar-refractivity contribution is 5.36. The summed E-state index contributed by atoms with van der Waals surface area (Å²) in [6.45, 7) is 2.95. The van der Waals surface area contributed by atoms with E-state index in [-0.39, 0.29) is 0 Å². The van der Waals surface area contributed by atoms with Gasteiger partial charge in [0, 0.05) is 24.4 Å². The van der Waals surface area contributed by atoms with Crippen LogP contribution in [0.15, 0.2) is 36.4 Å². The summed E-state index contributed by atoms with van der Waals surface area (Å²) in [5.41, 5.74) is 2.23. The molecule has 21 heavy (non-hydrogen) atoms. The maximum absolute atomic E-state index is 5.88. The first-order valence-electron chi connectivity index (χ1n) is 7.21. The molecule has 0 radical (unpaired) electrons. The Morgan fingerprint density at radius 3 is 2.67 bits per heavy atom. The van der Waals surface area contributed by atoms with Gasteiger partial charge >= 0.3 is 0 Å². The van der Waals surface area contributed by atoms with E-state index < -0.39 is 0 Å². The van der Waals surface area contributed by atoms with E-state index in [1.807, 2.05) is 37.4 Å². The third-order valence-electron chi connectivity index (χ3n) is 3.07. The molecule has 0 amide bonds. The zero-order chi connectivity index (χ0) is 15.1. The van der Waals surface area contributed by atoms with Gasteiger partial charge in [0.1, 0.15) is 11.5 Å². The van der Waals surface area contributed by atoms with Gasteiger partial charge in [0.05, 0.1) is 7.11 Å². The van der Waals surface area contributed by atoms with Crippen LogP contribution in [0, 0.1) is 0 Å². The van der Waals surface area contributed by atoms with Gasteiger partial charge in [-0.1, -0.05) is 19.4 Å². The van der Waals surface area contributed by atoms with Gasteiger partial charge in [-0.15, -0.1) is 0 Å². The Kier molecular flexibility index (Phi) is 5.58. The van der Waals surface area contributed by atoms with Gasteiger partial charge in [-0.05, 0) is 37.2 Å². The Morgan fingerprint density at radius 1 is 1.14 bits per heavy atom. The van der Waals surface area contributed by atoms with Crippen molar-refractivity contribution in [3.63, 3.8) is 0 Å². The molecule has 1 aromatic carbocycles. The lowest BCUT2D eigenvalue weighted by atomic mass is 10.1. The molecule has 1 aromatic heterocycles. The minimum atomic E-state index is 0.624. The molecule has 0 unspecified atom stereocenters. The van der Waals surface area contributed by atoms with Crippen molar-refractivity contribution in [3.8, 4) is 17.4 Å². The summed E-state index contributed by atoms with van der Waals surface area (Å²) < 4.78 is 11.1. The average Bonchev–Trinajstić information content (AvgIpc) is 2.48. The fourth-order valence-electron chi connectivity index (χ4n) is 2.15. The van der Waals surface area contributed by atoms with Crippen LogP contribution in [0.1, 0.15) is 24.6 Å². The summed E-state index contributed by atoms with van der Waals surface area (Å²) in [4.78, 5) is 4.57. The number of nitrogens with zero attached hydrogens (tertiary/aromatic N) is 1. The normalized spacial score (nSPS) is 10.4. The predicted octanol–water partition coefficient (Wildman–Crippen LogP) is 3.55. The second-order valence-corrected chi connectivity index (χ2v) is 4.87. The van der Waals surface area contributed by atoms with Crippen LogP contribution in [0.3, 0.4) is 0 Å². The number of hydrogen-bond donors (Lipinski definition) is 1. The van der Waals surface area contributed by atoms with Gasteiger partial charge in [-0.3, -0.25) is 0 Å².